The van der Waals surface area contributed by atoms with Crippen molar-refractivity contribution in [3.05, 3.63) is 29.8 Å². The lowest BCUT2D eigenvalue weighted by Crippen LogP contribution is -2.15. The van der Waals surface area contributed by atoms with E-state index in [9.17, 15) is 8.42 Å². The molecule has 0 aromatic heterocycles. The van der Waals surface area contributed by atoms with E-state index in [1.807, 2.05) is 32.9 Å². The summed E-state index contributed by atoms with van der Waals surface area (Å²) in [6, 6.07) is 7.37. The van der Waals surface area contributed by atoms with Crippen molar-refractivity contribution in [2.45, 2.75) is 44.2 Å². The average molecular weight is 239 g/mol. The number of aryl methyl sites for hydroxylation is 1. The van der Waals surface area contributed by atoms with Crippen molar-refractivity contribution in [3.8, 4) is 0 Å². The molecular weight excluding hydrogens is 222 g/mol. The van der Waals surface area contributed by atoms with E-state index in [4.69, 9.17) is 0 Å². The minimum atomic E-state index is -3.26. The van der Waals surface area contributed by atoms with Gasteiger partial charge < -0.3 is 0 Å². The van der Waals surface area contributed by atoms with E-state index in [-0.39, 0.29) is 12.1 Å². The molecule has 0 amide bonds. The monoisotopic (exact) mass is 239 g/mol. The van der Waals surface area contributed by atoms with Crippen LogP contribution >= 0.6 is 0 Å². The van der Waals surface area contributed by atoms with Gasteiger partial charge >= 0.3 is 0 Å². The minimum absolute atomic E-state index is 0.149. The first-order valence-electron chi connectivity index (χ1n) is 5.58. The molecule has 88 valence electrons. The van der Waals surface area contributed by atoms with Gasteiger partial charge in [-0.2, -0.15) is 4.31 Å². The minimum Gasteiger partial charge on any atom is -0.207 e. The second kappa shape index (κ2) is 3.86. The van der Waals surface area contributed by atoms with E-state index in [1.54, 1.807) is 16.4 Å². The van der Waals surface area contributed by atoms with Gasteiger partial charge in [-0.25, -0.2) is 8.42 Å². The summed E-state index contributed by atoms with van der Waals surface area (Å²) in [5.41, 5.74) is 1.07. The Hall–Kier alpha value is -0.870. The standard InChI is InChI=1S/C12H17NO2S/c1-4-12-10(3)13(12)16(14,15)11-7-5-9(2)6-8-11/h5-8,10,12H,4H2,1-3H3/t10-,12-,13?/m0/s1. The van der Waals surface area contributed by atoms with E-state index in [1.165, 1.54) is 0 Å². The summed E-state index contributed by atoms with van der Waals surface area (Å²) in [6.07, 6.45) is 0.881. The summed E-state index contributed by atoms with van der Waals surface area (Å²) in [5.74, 6) is 0. The fourth-order valence-corrected chi connectivity index (χ4v) is 4.06. The molecule has 1 fully saturated rings. The van der Waals surface area contributed by atoms with Crippen LogP contribution < -0.4 is 0 Å². The molecule has 0 aliphatic carbocycles. The molecular formula is C12H17NO2S. The van der Waals surface area contributed by atoms with E-state index in [0.29, 0.717) is 4.90 Å². The third-order valence-electron chi connectivity index (χ3n) is 3.21. The summed E-state index contributed by atoms with van der Waals surface area (Å²) in [4.78, 5) is 0.404. The molecule has 1 aromatic carbocycles. The van der Waals surface area contributed by atoms with Gasteiger partial charge in [0.15, 0.2) is 0 Å². The first-order chi connectivity index (χ1) is 7.48. The lowest BCUT2D eigenvalue weighted by molar-refractivity contribution is 0.545. The maximum atomic E-state index is 12.2. The van der Waals surface area contributed by atoms with E-state index >= 15 is 0 Å². The van der Waals surface area contributed by atoms with Gasteiger partial charge in [0.25, 0.3) is 0 Å². The Labute approximate surface area is 97.1 Å². The van der Waals surface area contributed by atoms with E-state index in [2.05, 4.69) is 0 Å². The van der Waals surface area contributed by atoms with Crippen LogP contribution in [-0.4, -0.2) is 24.8 Å². The highest BCUT2D eigenvalue weighted by atomic mass is 32.2. The highest BCUT2D eigenvalue weighted by Crippen LogP contribution is 2.37. The van der Waals surface area contributed by atoms with Gasteiger partial charge in [-0.1, -0.05) is 24.6 Å². The molecule has 3 nitrogen and oxygen atoms in total. The molecule has 2 rings (SSSR count). The predicted octanol–water partition coefficient (Wildman–Crippen LogP) is 2.17. The number of rotatable bonds is 3. The van der Waals surface area contributed by atoms with Gasteiger partial charge in [0.2, 0.25) is 10.0 Å². The van der Waals surface area contributed by atoms with Gasteiger partial charge in [-0.3, -0.25) is 0 Å². The van der Waals surface area contributed by atoms with Gasteiger partial charge in [-0.05, 0) is 32.4 Å². The number of benzene rings is 1. The zero-order chi connectivity index (χ0) is 11.9. The van der Waals surface area contributed by atoms with Crippen LogP contribution in [0.2, 0.25) is 0 Å². The second-order valence-electron chi connectivity index (χ2n) is 4.36. The van der Waals surface area contributed by atoms with Crippen LogP contribution in [0.1, 0.15) is 25.8 Å². The molecule has 1 unspecified atom stereocenters. The molecule has 3 atom stereocenters. The molecule has 0 spiro atoms. The van der Waals surface area contributed by atoms with Crippen molar-refractivity contribution >= 4 is 10.0 Å². The smallest absolute Gasteiger partial charge is 0.207 e. The van der Waals surface area contributed by atoms with Gasteiger partial charge in [0, 0.05) is 12.1 Å². The van der Waals surface area contributed by atoms with Crippen molar-refractivity contribution in [2.75, 3.05) is 0 Å². The molecule has 4 heteroatoms. The number of sulfonamides is 1. The zero-order valence-electron chi connectivity index (χ0n) is 9.84. The molecule has 1 saturated heterocycles. The fourth-order valence-electron chi connectivity index (χ4n) is 2.13. The summed E-state index contributed by atoms with van der Waals surface area (Å²) in [6.45, 7) is 5.93. The van der Waals surface area contributed by atoms with Crippen LogP contribution in [0, 0.1) is 6.92 Å². The fraction of sp³-hybridized carbons (Fsp3) is 0.500. The molecule has 1 heterocycles. The van der Waals surface area contributed by atoms with Crippen LogP contribution in [0.15, 0.2) is 29.2 Å². The number of hydrogen-bond donors (Lipinski definition) is 0. The molecule has 0 N–H and O–H groups in total. The summed E-state index contributed by atoms with van der Waals surface area (Å²) in [5, 5.41) is 0. The quantitative estimate of drug-likeness (QED) is 0.758. The molecule has 16 heavy (non-hydrogen) atoms. The number of nitrogens with zero attached hydrogens (tertiary/aromatic N) is 1. The van der Waals surface area contributed by atoms with Crippen LogP contribution in [0.4, 0.5) is 0 Å². The van der Waals surface area contributed by atoms with Crippen LogP contribution in [0.25, 0.3) is 0 Å². The predicted molar refractivity (Wildman–Crippen MR) is 63.7 cm³/mol. The van der Waals surface area contributed by atoms with Crippen molar-refractivity contribution in [3.63, 3.8) is 0 Å². The maximum absolute atomic E-state index is 12.2. The molecule has 0 bridgehead atoms. The molecule has 1 aliphatic heterocycles. The topological polar surface area (TPSA) is 37.1 Å². The Balaban J connectivity index is 2.31. The van der Waals surface area contributed by atoms with Crippen molar-refractivity contribution < 1.29 is 8.42 Å². The lowest BCUT2D eigenvalue weighted by atomic mass is 10.2. The molecule has 1 aromatic rings. The van der Waals surface area contributed by atoms with E-state index in [0.717, 1.165) is 12.0 Å². The molecule has 0 radical (unpaired) electrons. The van der Waals surface area contributed by atoms with Gasteiger partial charge in [-0.15, -0.1) is 0 Å². The summed E-state index contributed by atoms with van der Waals surface area (Å²) < 4.78 is 26.0. The number of hydrogen-bond acceptors (Lipinski definition) is 2. The molecule has 1 aliphatic rings. The second-order valence-corrected chi connectivity index (χ2v) is 6.21. The summed E-state index contributed by atoms with van der Waals surface area (Å²) >= 11 is 0. The highest BCUT2D eigenvalue weighted by molar-refractivity contribution is 7.89. The van der Waals surface area contributed by atoms with Crippen LogP contribution in [0.3, 0.4) is 0 Å². The first kappa shape index (κ1) is 11.6. The SMILES string of the molecule is CC[C@H]1[C@H](C)N1S(=O)(=O)c1ccc(C)cc1. The largest absolute Gasteiger partial charge is 0.243 e. The van der Waals surface area contributed by atoms with Crippen molar-refractivity contribution in [1.82, 2.24) is 4.31 Å². The summed E-state index contributed by atoms with van der Waals surface area (Å²) in [7, 11) is -3.26. The average Bonchev–Trinajstić information content (AvgIpc) is 2.90. The van der Waals surface area contributed by atoms with E-state index < -0.39 is 10.0 Å². The van der Waals surface area contributed by atoms with Crippen LogP contribution in [0.5, 0.6) is 0 Å². The lowest BCUT2D eigenvalue weighted by Gasteiger charge is -2.06. The maximum Gasteiger partial charge on any atom is 0.243 e. The third-order valence-corrected chi connectivity index (χ3v) is 5.24. The Morgan fingerprint density at radius 3 is 2.25 bits per heavy atom. The van der Waals surface area contributed by atoms with Gasteiger partial charge in [0.1, 0.15) is 0 Å². The highest BCUT2D eigenvalue weighted by Gasteiger charge is 2.51. The van der Waals surface area contributed by atoms with Gasteiger partial charge in [0.05, 0.1) is 4.90 Å². The Morgan fingerprint density at radius 2 is 1.81 bits per heavy atom. The Morgan fingerprint density at radius 1 is 1.25 bits per heavy atom. The van der Waals surface area contributed by atoms with Crippen molar-refractivity contribution in [2.24, 2.45) is 0 Å². The normalized spacial score (nSPS) is 29.1. The molecule has 0 saturated carbocycles. The zero-order valence-corrected chi connectivity index (χ0v) is 10.7. The Kier molecular flexibility index (Phi) is 2.80. The first-order valence-corrected chi connectivity index (χ1v) is 7.02. The van der Waals surface area contributed by atoms with Crippen LogP contribution in [-0.2, 0) is 10.0 Å². The Bertz CT molecular complexity index is 478. The van der Waals surface area contributed by atoms with Crippen molar-refractivity contribution in [1.29, 1.82) is 0 Å². The third kappa shape index (κ3) is 1.76.